The molecule has 0 atom stereocenters. The van der Waals surface area contributed by atoms with E-state index in [9.17, 15) is 9.59 Å². The first-order chi connectivity index (χ1) is 11.1. The number of carbonyl (C=O) groups excluding carboxylic acids is 2. The van der Waals surface area contributed by atoms with Crippen LogP contribution in [0, 0.1) is 0 Å². The molecule has 1 aromatic heterocycles. The summed E-state index contributed by atoms with van der Waals surface area (Å²) in [4.78, 5) is 23.6. The van der Waals surface area contributed by atoms with Gasteiger partial charge in [0.1, 0.15) is 0 Å². The van der Waals surface area contributed by atoms with Crippen LogP contribution in [0.25, 0.3) is 0 Å². The zero-order valence-electron chi connectivity index (χ0n) is 11.9. The number of thioether (sulfide) groups is 1. The summed E-state index contributed by atoms with van der Waals surface area (Å²) in [7, 11) is 0. The van der Waals surface area contributed by atoms with Crippen molar-refractivity contribution in [1.29, 1.82) is 0 Å². The van der Waals surface area contributed by atoms with Crippen molar-refractivity contribution in [2.45, 2.75) is 24.0 Å². The Bertz CT molecular complexity index is 716. The SMILES string of the molecule is O=C(CSc1nnnn1C1CC1)NNC(=O)c1ccc(Cl)cc1. The third-order valence-electron chi connectivity index (χ3n) is 3.11. The van der Waals surface area contributed by atoms with Gasteiger partial charge in [0.2, 0.25) is 11.1 Å². The highest BCUT2D eigenvalue weighted by atomic mass is 35.5. The van der Waals surface area contributed by atoms with Crippen LogP contribution in [0.4, 0.5) is 0 Å². The quantitative estimate of drug-likeness (QED) is 0.619. The summed E-state index contributed by atoms with van der Waals surface area (Å²) >= 11 is 6.98. The van der Waals surface area contributed by atoms with Crippen molar-refractivity contribution in [3.8, 4) is 0 Å². The summed E-state index contributed by atoms with van der Waals surface area (Å²) < 4.78 is 1.73. The van der Waals surface area contributed by atoms with Gasteiger partial charge in [-0.25, -0.2) is 4.68 Å². The van der Waals surface area contributed by atoms with Gasteiger partial charge in [0.25, 0.3) is 5.91 Å². The molecule has 2 N–H and O–H groups in total. The monoisotopic (exact) mass is 352 g/mol. The number of hydrogen-bond acceptors (Lipinski definition) is 6. The van der Waals surface area contributed by atoms with Gasteiger partial charge in [-0.15, -0.1) is 5.10 Å². The maximum Gasteiger partial charge on any atom is 0.269 e. The number of hydrazine groups is 1. The Hall–Kier alpha value is -2.13. The highest BCUT2D eigenvalue weighted by molar-refractivity contribution is 7.99. The molecule has 8 nitrogen and oxygen atoms in total. The Labute approximate surface area is 140 Å². The van der Waals surface area contributed by atoms with Crippen molar-refractivity contribution in [2.75, 3.05) is 5.75 Å². The van der Waals surface area contributed by atoms with Gasteiger partial charge in [-0.3, -0.25) is 20.4 Å². The second-order valence-corrected chi connectivity index (χ2v) is 6.31. The van der Waals surface area contributed by atoms with Gasteiger partial charge >= 0.3 is 0 Å². The van der Waals surface area contributed by atoms with Gasteiger partial charge in [-0.1, -0.05) is 23.4 Å². The summed E-state index contributed by atoms with van der Waals surface area (Å²) in [6.07, 6.45) is 2.11. The highest BCUT2D eigenvalue weighted by Crippen LogP contribution is 2.36. The van der Waals surface area contributed by atoms with Crippen molar-refractivity contribution in [3.63, 3.8) is 0 Å². The largest absolute Gasteiger partial charge is 0.272 e. The van der Waals surface area contributed by atoms with Gasteiger partial charge in [-0.05, 0) is 47.5 Å². The minimum atomic E-state index is -0.414. The zero-order valence-corrected chi connectivity index (χ0v) is 13.5. The summed E-state index contributed by atoms with van der Waals surface area (Å²) in [5.41, 5.74) is 5.10. The maximum absolute atomic E-state index is 11.8. The lowest BCUT2D eigenvalue weighted by Crippen LogP contribution is -2.42. The average molecular weight is 353 g/mol. The number of nitrogens with one attached hydrogen (secondary N) is 2. The van der Waals surface area contributed by atoms with Gasteiger partial charge in [0.15, 0.2) is 0 Å². The molecule has 3 rings (SSSR count). The molecule has 1 aliphatic carbocycles. The lowest BCUT2D eigenvalue weighted by molar-refractivity contribution is -0.119. The molecule has 10 heteroatoms. The average Bonchev–Trinajstić information content (AvgIpc) is 3.29. The zero-order chi connectivity index (χ0) is 16.2. The summed E-state index contributed by atoms with van der Waals surface area (Å²) in [6, 6.07) is 6.70. The van der Waals surface area contributed by atoms with E-state index in [0.29, 0.717) is 21.8 Å². The second-order valence-electron chi connectivity index (χ2n) is 4.94. The normalized spacial score (nSPS) is 13.6. The van der Waals surface area contributed by atoms with Crippen molar-refractivity contribution in [2.24, 2.45) is 0 Å². The van der Waals surface area contributed by atoms with Gasteiger partial charge in [-0.2, -0.15) is 0 Å². The standard InChI is InChI=1S/C13H13ClN6O2S/c14-9-3-1-8(2-4-9)12(22)16-15-11(21)7-23-13-17-18-19-20(13)10-5-6-10/h1-4,10H,5-7H2,(H,15,21)(H,16,22). The lowest BCUT2D eigenvalue weighted by atomic mass is 10.2. The fraction of sp³-hybridized carbons (Fsp3) is 0.308. The molecule has 1 aliphatic rings. The number of tetrazole rings is 1. The molecule has 2 aromatic rings. The molecule has 0 radical (unpaired) electrons. The van der Waals surface area contributed by atoms with Gasteiger partial charge < -0.3 is 0 Å². The molecule has 1 aromatic carbocycles. The fourth-order valence-electron chi connectivity index (χ4n) is 1.79. The summed E-state index contributed by atoms with van der Waals surface area (Å²) in [6.45, 7) is 0. The molecule has 0 bridgehead atoms. The van der Waals surface area contributed by atoms with Crippen LogP contribution < -0.4 is 10.9 Å². The van der Waals surface area contributed by atoms with E-state index in [4.69, 9.17) is 11.6 Å². The van der Waals surface area contributed by atoms with Crippen LogP contribution in [-0.2, 0) is 4.79 Å². The number of nitrogens with zero attached hydrogens (tertiary/aromatic N) is 4. The molecule has 0 saturated heterocycles. The first kappa shape index (κ1) is 15.8. The van der Waals surface area contributed by atoms with Crippen LogP contribution in [0.1, 0.15) is 29.2 Å². The lowest BCUT2D eigenvalue weighted by Gasteiger charge is -2.07. The number of benzene rings is 1. The first-order valence-corrected chi connectivity index (χ1v) is 8.25. The van der Waals surface area contributed by atoms with Crippen LogP contribution in [0.3, 0.4) is 0 Å². The molecule has 1 saturated carbocycles. The number of aromatic nitrogens is 4. The molecule has 0 spiro atoms. The van der Waals surface area contributed by atoms with Crippen molar-refractivity contribution in [1.82, 2.24) is 31.1 Å². The van der Waals surface area contributed by atoms with Crippen molar-refractivity contribution >= 4 is 35.2 Å². The van der Waals surface area contributed by atoms with Gasteiger partial charge in [0.05, 0.1) is 11.8 Å². The molecule has 1 fully saturated rings. The second kappa shape index (κ2) is 6.97. The summed E-state index contributed by atoms with van der Waals surface area (Å²) in [5.74, 6) is -0.654. The minimum Gasteiger partial charge on any atom is -0.272 e. The number of hydrogen-bond donors (Lipinski definition) is 2. The van der Waals surface area contributed by atoms with Crippen LogP contribution in [0.2, 0.25) is 5.02 Å². The van der Waals surface area contributed by atoms with Crippen molar-refractivity contribution in [3.05, 3.63) is 34.9 Å². The van der Waals surface area contributed by atoms with E-state index >= 15 is 0 Å². The Morgan fingerprint density at radius 1 is 1.26 bits per heavy atom. The Morgan fingerprint density at radius 2 is 2.00 bits per heavy atom. The topological polar surface area (TPSA) is 102 Å². The predicted octanol–water partition coefficient (Wildman–Crippen LogP) is 1.21. The van der Waals surface area contributed by atoms with E-state index < -0.39 is 5.91 Å². The Morgan fingerprint density at radius 3 is 2.70 bits per heavy atom. The molecule has 1 heterocycles. The van der Waals surface area contributed by atoms with E-state index in [0.717, 1.165) is 12.8 Å². The third-order valence-corrected chi connectivity index (χ3v) is 4.29. The molecule has 2 amide bonds. The third kappa shape index (κ3) is 4.20. The molecule has 120 valence electrons. The number of carbonyl (C=O) groups is 2. The van der Waals surface area contributed by atoms with Crippen LogP contribution >= 0.6 is 23.4 Å². The maximum atomic E-state index is 11.8. The van der Waals surface area contributed by atoms with Crippen LogP contribution in [0.5, 0.6) is 0 Å². The van der Waals surface area contributed by atoms with E-state index in [1.165, 1.54) is 11.8 Å². The van der Waals surface area contributed by atoms with Gasteiger partial charge in [0, 0.05) is 10.6 Å². The van der Waals surface area contributed by atoms with E-state index in [-0.39, 0.29) is 11.7 Å². The first-order valence-electron chi connectivity index (χ1n) is 6.89. The highest BCUT2D eigenvalue weighted by Gasteiger charge is 2.28. The predicted molar refractivity (Wildman–Crippen MR) is 83.9 cm³/mol. The van der Waals surface area contributed by atoms with E-state index in [2.05, 4.69) is 26.4 Å². The number of amides is 2. The number of halogens is 1. The van der Waals surface area contributed by atoms with Crippen molar-refractivity contribution < 1.29 is 9.59 Å². The molecular formula is C13H13ClN6O2S. The van der Waals surface area contributed by atoms with Crippen LogP contribution in [-0.4, -0.2) is 37.8 Å². The van der Waals surface area contributed by atoms with Crippen LogP contribution in [0.15, 0.2) is 29.4 Å². The fourth-order valence-corrected chi connectivity index (χ4v) is 2.67. The Kier molecular flexibility index (Phi) is 4.77. The molecule has 23 heavy (non-hydrogen) atoms. The smallest absolute Gasteiger partial charge is 0.269 e. The van der Waals surface area contributed by atoms with E-state index in [1.54, 1.807) is 28.9 Å². The molecular weight excluding hydrogens is 340 g/mol. The number of rotatable bonds is 5. The van der Waals surface area contributed by atoms with E-state index in [1.807, 2.05) is 0 Å². The summed E-state index contributed by atoms with van der Waals surface area (Å²) in [5, 5.41) is 12.5. The Balaban J connectivity index is 1.45. The minimum absolute atomic E-state index is 0.105. The molecule has 0 aliphatic heterocycles. The molecule has 0 unspecified atom stereocenters.